The lowest BCUT2D eigenvalue weighted by atomic mass is 10.3. The van der Waals surface area contributed by atoms with Crippen LogP contribution in [0.2, 0.25) is 0 Å². The van der Waals surface area contributed by atoms with Crippen molar-refractivity contribution in [2.75, 3.05) is 36.9 Å². The number of hydrogen-bond acceptors (Lipinski definition) is 6. The van der Waals surface area contributed by atoms with Gasteiger partial charge in [-0.3, -0.25) is 4.72 Å². The lowest BCUT2D eigenvalue weighted by molar-refractivity contribution is 0.449. The first-order chi connectivity index (χ1) is 13.6. The number of likely N-dealkylation sites (N-methyl/N-ethyl adjacent to an activating group) is 1. The Kier molecular flexibility index (Phi) is 5.82. The molecule has 0 saturated heterocycles. The molecule has 1 aromatic heterocycles. The number of nitrogens with one attached hydrogen (secondary N) is 2. The molecule has 0 bridgehead atoms. The number of hydrogen-bond donors (Lipinski definition) is 2. The van der Waals surface area contributed by atoms with Crippen molar-refractivity contribution >= 4 is 42.7 Å². The van der Waals surface area contributed by atoms with Crippen molar-refractivity contribution in [1.29, 1.82) is 0 Å². The minimum atomic E-state index is -3.72. The van der Waals surface area contributed by atoms with Gasteiger partial charge in [-0.2, -0.15) is 4.31 Å². The summed E-state index contributed by atoms with van der Waals surface area (Å²) in [7, 11) is -3.87. The first kappa shape index (κ1) is 21.1. The molecule has 3 aromatic rings. The summed E-state index contributed by atoms with van der Waals surface area (Å²) >= 11 is 0. The first-order valence-electron chi connectivity index (χ1n) is 8.79. The Morgan fingerprint density at radius 3 is 2.31 bits per heavy atom. The summed E-state index contributed by atoms with van der Waals surface area (Å²) in [5, 5.41) is 3.03. The Morgan fingerprint density at radius 1 is 1.03 bits per heavy atom. The van der Waals surface area contributed by atoms with Crippen LogP contribution in [0.4, 0.5) is 11.6 Å². The molecule has 0 saturated carbocycles. The average molecular weight is 438 g/mol. The van der Waals surface area contributed by atoms with Crippen LogP contribution in [-0.2, 0) is 26.6 Å². The Bertz CT molecular complexity index is 1220. The quantitative estimate of drug-likeness (QED) is 0.555. The van der Waals surface area contributed by atoms with Gasteiger partial charge in [0, 0.05) is 32.9 Å². The number of sulfonamides is 2. The molecule has 0 fully saturated rings. The summed E-state index contributed by atoms with van der Waals surface area (Å²) in [5.74, 6) is 0.660. The van der Waals surface area contributed by atoms with Gasteiger partial charge in [-0.1, -0.05) is 12.1 Å². The second-order valence-corrected chi connectivity index (χ2v) is 10.3. The predicted octanol–water partition coefficient (Wildman–Crippen LogP) is 1.77. The van der Waals surface area contributed by atoms with Crippen LogP contribution in [0.15, 0.2) is 53.4 Å². The van der Waals surface area contributed by atoms with Gasteiger partial charge in [0.15, 0.2) is 0 Å². The van der Waals surface area contributed by atoms with Crippen molar-refractivity contribution in [3.63, 3.8) is 0 Å². The van der Waals surface area contributed by atoms with Gasteiger partial charge in [-0.25, -0.2) is 21.8 Å². The Morgan fingerprint density at radius 2 is 1.69 bits per heavy atom. The molecule has 0 unspecified atom stereocenters. The highest BCUT2D eigenvalue weighted by atomic mass is 32.2. The normalized spacial score (nSPS) is 12.4. The molecule has 0 aliphatic heterocycles. The maximum absolute atomic E-state index is 12.9. The number of nitrogens with zero attached hydrogens (tertiary/aromatic N) is 3. The van der Waals surface area contributed by atoms with E-state index in [1.807, 2.05) is 28.8 Å². The third-order valence-corrected chi connectivity index (χ3v) is 6.86. The summed E-state index contributed by atoms with van der Waals surface area (Å²) in [6.45, 7) is 0.654. The van der Waals surface area contributed by atoms with E-state index in [4.69, 9.17) is 0 Å². The van der Waals surface area contributed by atoms with Crippen LogP contribution in [0.5, 0.6) is 0 Å². The monoisotopic (exact) mass is 437 g/mol. The minimum Gasteiger partial charge on any atom is -0.359 e. The highest BCUT2D eigenvalue weighted by Gasteiger charge is 2.21. The molecule has 0 radical (unpaired) electrons. The van der Waals surface area contributed by atoms with Gasteiger partial charge in [0.25, 0.3) is 0 Å². The van der Waals surface area contributed by atoms with Gasteiger partial charge in [0.1, 0.15) is 0 Å². The molecule has 0 atom stereocenters. The molecule has 9 nitrogen and oxygen atoms in total. The van der Waals surface area contributed by atoms with E-state index in [-0.39, 0.29) is 11.4 Å². The molecule has 3 rings (SSSR count). The van der Waals surface area contributed by atoms with Crippen LogP contribution in [0.3, 0.4) is 0 Å². The molecule has 0 aliphatic carbocycles. The minimum absolute atomic E-state index is 0.0865. The molecule has 2 aromatic carbocycles. The summed E-state index contributed by atoms with van der Waals surface area (Å²) in [5.41, 5.74) is 2.05. The van der Waals surface area contributed by atoms with Crippen LogP contribution in [0.25, 0.3) is 11.0 Å². The zero-order valence-corrected chi connectivity index (χ0v) is 18.0. The van der Waals surface area contributed by atoms with E-state index in [9.17, 15) is 16.8 Å². The second-order valence-electron chi connectivity index (χ2n) is 6.55. The Balaban J connectivity index is 1.77. The molecule has 0 amide bonds. The summed E-state index contributed by atoms with van der Waals surface area (Å²) in [6, 6.07) is 13.2. The lowest BCUT2D eigenvalue weighted by Crippen LogP contribution is -2.30. The summed E-state index contributed by atoms with van der Waals surface area (Å²) in [4.78, 5) is 4.58. The Hall–Kier alpha value is -2.63. The van der Waals surface area contributed by atoms with E-state index >= 15 is 0 Å². The summed E-state index contributed by atoms with van der Waals surface area (Å²) < 4.78 is 53.8. The number of imidazole rings is 1. The van der Waals surface area contributed by atoms with Gasteiger partial charge in [-0.05, 0) is 36.4 Å². The Labute approximate surface area is 170 Å². The third kappa shape index (κ3) is 4.69. The molecule has 29 heavy (non-hydrogen) atoms. The second kappa shape index (κ2) is 8.01. The SMILES string of the molecule is CNc1nc2ccccc2n1CCN(C)S(=O)(=O)c1ccc(NS(C)(=O)=O)cc1. The fourth-order valence-corrected chi connectivity index (χ4v) is 4.67. The largest absolute Gasteiger partial charge is 0.359 e. The molecule has 0 spiro atoms. The van der Waals surface area contributed by atoms with Crippen molar-refractivity contribution in [2.24, 2.45) is 0 Å². The topological polar surface area (TPSA) is 113 Å². The third-order valence-electron chi connectivity index (χ3n) is 4.38. The van der Waals surface area contributed by atoms with E-state index < -0.39 is 20.0 Å². The van der Waals surface area contributed by atoms with Crippen molar-refractivity contribution < 1.29 is 16.8 Å². The van der Waals surface area contributed by atoms with Crippen LogP contribution in [-0.4, -0.2) is 57.6 Å². The van der Waals surface area contributed by atoms with Gasteiger partial charge in [-0.15, -0.1) is 0 Å². The molecule has 0 aliphatic rings. The van der Waals surface area contributed by atoms with Gasteiger partial charge < -0.3 is 9.88 Å². The van der Waals surface area contributed by atoms with E-state index in [1.165, 1.54) is 35.6 Å². The average Bonchev–Trinajstić information content (AvgIpc) is 3.03. The fourth-order valence-electron chi connectivity index (χ4n) is 2.94. The van der Waals surface area contributed by atoms with E-state index in [1.54, 1.807) is 7.05 Å². The number of benzene rings is 2. The molecule has 2 N–H and O–H groups in total. The van der Waals surface area contributed by atoms with Crippen molar-refractivity contribution in [3.05, 3.63) is 48.5 Å². The first-order valence-corrected chi connectivity index (χ1v) is 12.1. The zero-order valence-electron chi connectivity index (χ0n) is 16.3. The van der Waals surface area contributed by atoms with E-state index in [0.717, 1.165) is 17.3 Å². The maximum Gasteiger partial charge on any atom is 0.242 e. The lowest BCUT2D eigenvalue weighted by Gasteiger charge is -2.19. The highest BCUT2D eigenvalue weighted by Crippen LogP contribution is 2.21. The van der Waals surface area contributed by atoms with Gasteiger partial charge >= 0.3 is 0 Å². The van der Waals surface area contributed by atoms with Crippen molar-refractivity contribution in [1.82, 2.24) is 13.9 Å². The molecule has 11 heteroatoms. The molecular weight excluding hydrogens is 414 g/mol. The highest BCUT2D eigenvalue weighted by molar-refractivity contribution is 7.92. The zero-order chi connectivity index (χ0) is 21.2. The number of aromatic nitrogens is 2. The molecule has 156 valence electrons. The number of para-hydroxylation sites is 2. The van der Waals surface area contributed by atoms with Gasteiger partial charge in [0.2, 0.25) is 26.0 Å². The van der Waals surface area contributed by atoms with Crippen molar-refractivity contribution in [3.8, 4) is 0 Å². The number of fused-ring (bicyclic) bond motifs is 1. The smallest absolute Gasteiger partial charge is 0.242 e. The number of anilines is 2. The summed E-state index contributed by atoms with van der Waals surface area (Å²) in [6.07, 6.45) is 1.03. The predicted molar refractivity (Wildman–Crippen MR) is 114 cm³/mol. The van der Waals surface area contributed by atoms with Crippen LogP contribution in [0.1, 0.15) is 0 Å². The van der Waals surface area contributed by atoms with Crippen LogP contribution >= 0.6 is 0 Å². The van der Waals surface area contributed by atoms with Crippen molar-refractivity contribution in [2.45, 2.75) is 11.4 Å². The van der Waals surface area contributed by atoms with E-state index in [0.29, 0.717) is 18.2 Å². The van der Waals surface area contributed by atoms with E-state index in [2.05, 4.69) is 15.0 Å². The van der Waals surface area contributed by atoms with Crippen LogP contribution in [0, 0.1) is 0 Å². The fraction of sp³-hybridized carbons (Fsp3) is 0.278. The van der Waals surface area contributed by atoms with Gasteiger partial charge in [0.05, 0.1) is 22.2 Å². The molecule has 1 heterocycles. The van der Waals surface area contributed by atoms with Crippen LogP contribution < -0.4 is 10.0 Å². The molecular formula is C18H23N5O4S2. The number of rotatable bonds is 8. The maximum atomic E-state index is 12.9. The standard InChI is InChI=1S/C18H23N5O4S2/c1-19-18-20-16-6-4-5-7-17(16)23(18)13-12-22(2)29(26,27)15-10-8-14(9-11-15)21-28(3,24)25/h4-11,21H,12-13H2,1-3H3,(H,19,20).